The van der Waals surface area contributed by atoms with Crippen molar-refractivity contribution in [2.45, 2.75) is 46.1 Å². The van der Waals surface area contributed by atoms with Gasteiger partial charge in [-0.05, 0) is 38.7 Å². The molecule has 2 saturated heterocycles. The number of piperazine rings is 1. The molecular weight excluding hydrogens is 330 g/mol. The number of likely N-dealkylation sites (tertiary alicyclic amines) is 1. The van der Waals surface area contributed by atoms with Gasteiger partial charge in [-0.1, -0.05) is 6.92 Å². The molecule has 1 aromatic rings. The summed E-state index contributed by atoms with van der Waals surface area (Å²) in [5, 5.41) is 7.57. The maximum Gasteiger partial charge on any atom is 0.236 e. The van der Waals surface area contributed by atoms with Crippen molar-refractivity contribution in [3.8, 4) is 0 Å². The summed E-state index contributed by atoms with van der Waals surface area (Å²) >= 11 is 0. The summed E-state index contributed by atoms with van der Waals surface area (Å²) in [4.78, 5) is 29.1. The van der Waals surface area contributed by atoms with Gasteiger partial charge in [0, 0.05) is 50.9 Å². The first kappa shape index (κ1) is 18.9. The third-order valence-corrected chi connectivity index (χ3v) is 5.87. The highest BCUT2D eigenvalue weighted by atomic mass is 16.2. The molecule has 2 aliphatic rings. The number of amides is 2. The van der Waals surface area contributed by atoms with Crippen LogP contribution in [0.25, 0.3) is 0 Å². The predicted octanol–water partition coefficient (Wildman–Crippen LogP) is 0.638. The molecule has 7 heteroatoms. The van der Waals surface area contributed by atoms with Gasteiger partial charge in [-0.3, -0.25) is 14.3 Å². The Morgan fingerprint density at radius 2 is 2.12 bits per heavy atom. The number of carbonyl (C=O) groups is 2. The summed E-state index contributed by atoms with van der Waals surface area (Å²) in [5.41, 5.74) is 3.32. The molecule has 0 radical (unpaired) electrons. The fourth-order valence-electron chi connectivity index (χ4n) is 4.23. The van der Waals surface area contributed by atoms with Crippen molar-refractivity contribution in [3.05, 3.63) is 17.0 Å². The molecule has 2 aliphatic heterocycles. The van der Waals surface area contributed by atoms with Crippen molar-refractivity contribution in [1.82, 2.24) is 24.9 Å². The monoisotopic (exact) mass is 361 g/mol. The summed E-state index contributed by atoms with van der Waals surface area (Å²) < 4.78 is 1.88. The van der Waals surface area contributed by atoms with Crippen molar-refractivity contribution in [1.29, 1.82) is 0 Å². The van der Waals surface area contributed by atoms with Gasteiger partial charge < -0.3 is 15.1 Å². The van der Waals surface area contributed by atoms with E-state index in [1.807, 2.05) is 35.4 Å². The molecule has 0 aliphatic carbocycles. The molecule has 2 amide bonds. The highest BCUT2D eigenvalue weighted by Gasteiger charge is 2.33. The molecule has 7 nitrogen and oxygen atoms in total. The van der Waals surface area contributed by atoms with Crippen LogP contribution < -0.4 is 5.32 Å². The maximum atomic E-state index is 13.0. The molecular formula is C19H31N5O2. The third-order valence-electron chi connectivity index (χ3n) is 5.87. The third kappa shape index (κ3) is 3.77. The van der Waals surface area contributed by atoms with Gasteiger partial charge >= 0.3 is 0 Å². The summed E-state index contributed by atoms with van der Waals surface area (Å²) in [6, 6.07) is 0.163. The van der Waals surface area contributed by atoms with Crippen molar-refractivity contribution in [2.75, 3.05) is 32.7 Å². The van der Waals surface area contributed by atoms with Gasteiger partial charge in [0.05, 0.1) is 12.2 Å². The van der Waals surface area contributed by atoms with Crippen molar-refractivity contribution in [2.24, 2.45) is 13.0 Å². The number of hydrogen-bond acceptors (Lipinski definition) is 4. The zero-order valence-corrected chi connectivity index (χ0v) is 16.4. The average Bonchev–Trinajstić information content (AvgIpc) is 2.87. The first-order valence-corrected chi connectivity index (χ1v) is 9.66. The number of piperidine rings is 1. The molecule has 0 saturated carbocycles. The Morgan fingerprint density at radius 3 is 2.77 bits per heavy atom. The average molecular weight is 361 g/mol. The van der Waals surface area contributed by atoms with Crippen LogP contribution in [0, 0.1) is 19.8 Å². The number of carbonyl (C=O) groups excluding carboxylic acids is 2. The molecule has 3 heterocycles. The lowest BCUT2D eigenvalue weighted by molar-refractivity contribution is -0.142. The molecule has 26 heavy (non-hydrogen) atoms. The Bertz CT molecular complexity index is 684. The fraction of sp³-hybridized carbons (Fsp3) is 0.737. The minimum Gasteiger partial charge on any atom is -0.340 e. The van der Waals surface area contributed by atoms with Crippen LogP contribution in [0.5, 0.6) is 0 Å². The van der Waals surface area contributed by atoms with E-state index in [4.69, 9.17) is 0 Å². The fourth-order valence-corrected chi connectivity index (χ4v) is 4.23. The molecule has 0 spiro atoms. The second kappa shape index (κ2) is 7.78. The normalized spacial score (nSPS) is 22.6. The van der Waals surface area contributed by atoms with E-state index in [9.17, 15) is 9.59 Å². The van der Waals surface area contributed by atoms with Crippen LogP contribution in [0.3, 0.4) is 0 Å². The lowest BCUT2D eigenvalue weighted by Gasteiger charge is -2.41. The SMILES string of the molecule is Cc1nn(C)c(C)c1CC(C)C(=O)N1CCCC(N2CCNCC2=O)C1. The van der Waals surface area contributed by atoms with E-state index in [1.165, 1.54) is 5.56 Å². The quantitative estimate of drug-likeness (QED) is 0.854. The second-order valence-electron chi connectivity index (χ2n) is 7.72. The topological polar surface area (TPSA) is 70.5 Å². The minimum absolute atomic E-state index is 0.0749. The van der Waals surface area contributed by atoms with Crippen LogP contribution in [0.2, 0.25) is 0 Å². The molecule has 2 unspecified atom stereocenters. The number of rotatable bonds is 4. The molecule has 2 atom stereocenters. The lowest BCUT2D eigenvalue weighted by atomic mass is 9.96. The molecule has 0 bridgehead atoms. The van der Waals surface area contributed by atoms with E-state index in [2.05, 4.69) is 17.3 Å². The van der Waals surface area contributed by atoms with Crippen LogP contribution in [0.15, 0.2) is 0 Å². The zero-order chi connectivity index (χ0) is 18.8. The zero-order valence-electron chi connectivity index (χ0n) is 16.4. The molecule has 1 N–H and O–H groups in total. The summed E-state index contributed by atoms with van der Waals surface area (Å²) in [5.74, 6) is 0.277. The number of aryl methyl sites for hydroxylation is 2. The minimum atomic E-state index is -0.0749. The van der Waals surface area contributed by atoms with Gasteiger partial charge in [0.1, 0.15) is 0 Å². The first-order valence-electron chi connectivity index (χ1n) is 9.66. The van der Waals surface area contributed by atoms with Crippen LogP contribution in [-0.4, -0.2) is 70.2 Å². The van der Waals surface area contributed by atoms with Crippen molar-refractivity contribution >= 4 is 11.8 Å². The van der Waals surface area contributed by atoms with E-state index in [-0.39, 0.29) is 23.8 Å². The van der Waals surface area contributed by atoms with Gasteiger partial charge in [-0.15, -0.1) is 0 Å². The summed E-state index contributed by atoms with van der Waals surface area (Å²) in [6.07, 6.45) is 2.67. The summed E-state index contributed by atoms with van der Waals surface area (Å²) in [7, 11) is 1.94. The van der Waals surface area contributed by atoms with E-state index in [0.717, 1.165) is 50.3 Å². The maximum absolute atomic E-state index is 13.0. The van der Waals surface area contributed by atoms with Crippen LogP contribution in [0.4, 0.5) is 0 Å². The molecule has 144 valence electrons. The standard InChI is InChI=1S/C19H31N5O2/c1-13(10-17-14(2)21-22(4)15(17)3)19(26)23-8-5-6-16(12-23)24-9-7-20-11-18(24)25/h13,16,20H,5-12H2,1-4H3. The van der Waals surface area contributed by atoms with E-state index >= 15 is 0 Å². The Kier molecular flexibility index (Phi) is 5.65. The molecule has 2 fully saturated rings. The molecule has 1 aromatic heterocycles. The molecule has 3 rings (SSSR count). The van der Waals surface area contributed by atoms with Crippen molar-refractivity contribution in [3.63, 3.8) is 0 Å². The number of hydrogen-bond donors (Lipinski definition) is 1. The highest BCUT2D eigenvalue weighted by molar-refractivity contribution is 5.80. The van der Waals surface area contributed by atoms with Gasteiger partial charge in [-0.25, -0.2) is 0 Å². The first-order chi connectivity index (χ1) is 12.4. The van der Waals surface area contributed by atoms with Gasteiger partial charge in [0.15, 0.2) is 0 Å². The van der Waals surface area contributed by atoms with E-state index < -0.39 is 0 Å². The smallest absolute Gasteiger partial charge is 0.236 e. The Hall–Kier alpha value is -1.89. The predicted molar refractivity (Wildman–Crippen MR) is 99.7 cm³/mol. The van der Waals surface area contributed by atoms with Crippen LogP contribution >= 0.6 is 0 Å². The van der Waals surface area contributed by atoms with E-state index in [1.54, 1.807) is 0 Å². The van der Waals surface area contributed by atoms with E-state index in [0.29, 0.717) is 13.1 Å². The van der Waals surface area contributed by atoms with Crippen LogP contribution in [0.1, 0.15) is 36.7 Å². The van der Waals surface area contributed by atoms with Gasteiger partial charge in [-0.2, -0.15) is 5.10 Å². The number of nitrogens with zero attached hydrogens (tertiary/aromatic N) is 4. The van der Waals surface area contributed by atoms with Crippen molar-refractivity contribution < 1.29 is 9.59 Å². The largest absolute Gasteiger partial charge is 0.340 e. The van der Waals surface area contributed by atoms with Gasteiger partial charge in [0.2, 0.25) is 11.8 Å². The van der Waals surface area contributed by atoms with Gasteiger partial charge in [0.25, 0.3) is 0 Å². The number of aromatic nitrogens is 2. The Morgan fingerprint density at radius 1 is 1.35 bits per heavy atom. The Labute approximate surface area is 155 Å². The summed E-state index contributed by atoms with van der Waals surface area (Å²) in [6.45, 7) is 9.53. The van der Waals surface area contributed by atoms with Crippen LogP contribution in [-0.2, 0) is 23.1 Å². The highest BCUT2D eigenvalue weighted by Crippen LogP contribution is 2.22. The number of nitrogens with one attached hydrogen (secondary N) is 1. The second-order valence-corrected chi connectivity index (χ2v) is 7.72. The molecule has 0 aromatic carbocycles. The Balaban J connectivity index is 1.64. The lowest BCUT2D eigenvalue weighted by Crippen LogP contribution is -2.58.